The first kappa shape index (κ1) is 22.7. The van der Waals surface area contributed by atoms with Crippen molar-refractivity contribution in [3.63, 3.8) is 0 Å². The number of carbonyl (C=O) groups is 4. The summed E-state index contributed by atoms with van der Waals surface area (Å²) in [6.45, 7) is 3.77. The number of esters is 1. The highest BCUT2D eigenvalue weighted by Crippen LogP contribution is 2.28. The molecular weight excluding hydrogens is 434 g/mol. The fourth-order valence-electron chi connectivity index (χ4n) is 4.00. The number of hydrogen-bond acceptors (Lipinski definition) is 5. The van der Waals surface area contributed by atoms with Crippen molar-refractivity contribution in [2.24, 2.45) is 0 Å². The molecule has 0 unspecified atom stereocenters. The minimum absolute atomic E-state index is 0.104. The number of aromatic nitrogens is 1. The maximum absolute atomic E-state index is 13.2. The molecule has 1 aromatic heterocycles. The van der Waals surface area contributed by atoms with Gasteiger partial charge < -0.3 is 9.30 Å². The van der Waals surface area contributed by atoms with Gasteiger partial charge in [-0.15, -0.1) is 0 Å². The van der Waals surface area contributed by atoms with E-state index in [1.165, 1.54) is 20.2 Å². The monoisotopic (exact) mass is 457 g/mol. The SMILES string of the molecule is COC(=O)c1ccc(-n2c(C)cc(/C=C3\C(=O)N(C)C(=O)N(c4ccccc4)C3=O)c2C)cc1. The number of para-hydroxylation sites is 1. The molecule has 0 N–H and O–H groups in total. The second-order valence-electron chi connectivity index (χ2n) is 7.88. The zero-order valence-corrected chi connectivity index (χ0v) is 19.2. The number of benzene rings is 2. The number of aryl methyl sites for hydroxylation is 1. The normalized spacial score (nSPS) is 15.3. The number of imide groups is 2. The summed E-state index contributed by atoms with van der Waals surface area (Å²) in [5, 5.41) is 0. The first-order valence-corrected chi connectivity index (χ1v) is 10.6. The third-order valence-corrected chi connectivity index (χ3v) is 5.78. The molecule has 0 spiro atoms. The largest absolute Gasteiger partial charge is 0.465 e. The first-order chi connectivity index (χ1) is 16.2. The Balaban J connectivity index is 1.75. The van der Waals surface area contributed by atoms with E-state index in [4.69, 9.17) is 4.74 Å². The highest BCUT2D eigenvalue weighted by atomic mass is 16.5. The predicted molar refractivity (Wildman–Crippen MR) is 127 cm³/mol. The Morgan fingerprint density at radius 1 is 0.882 bits per heavy atom. The molecule has 3 aromatic rings. The van der Waals surface area contributed by atoms with E-state index in [9.17, 15) is 19.2 Å². The Morgan fingerprint density at radius 2 is 1.53 bits per heavy atom. The van der Waals surface area contributed by atoms with E-state index in [-0.39, 0.29) is 5.57 Å². The third kappa shape index (κ3) is 3.79. The van der Waals surface area contributed by atoms with Gasteiger partial charge in [0, 0.05) is 24.1 Å². The standard InChI is InChI=1S/C26H23N3O5/c1-16-14-19(17(2)28(16)21-12-10-18(11-13-21)25(32)34-4)15-22-23(30)27(3)26(33)29(24(22)31)20-8-6-5-7-9-20/h5-15H,1-4H3/b22-15+. The minimum atomic E-state index is -0.700. The molecule has 172 valence electrons. The summed E-state index contributed by atoms with van der Waals surface area (Å²) >= 11 is 0. The highest BCUT2D eigenvalue weighted by molar-refractivity contribution is 6.39. The van der Waals surface area contributed by atoms with Gasteiger partial charge in [-0.3, -0.25) is 14.5 Å². The predicted octanol–water partition coefficient (Wildman–Crippen LogP) is 3.89. The van der Waals surface area contributed by atoms with Gasteiger partial charge in [0.15, 0.2) is 0 Å². The maximum Gasteiger partial charge on any atom is 0.338 e. The summed E-state index contributed by atoms with van der Waals surface area (Å²) < 4.78 is 6.70. The number of urea groups is 1. The lowest BCUT2D eigenvalue weighted by atomic mass is 10.1. The van der Waals surface area contributed by atoms with Gasteiger partial charge >= 0.3 is 12.0 Å². The van der Waals surface area contributed by atoms with Gasteiger partial charge in [-0.1, -0.05) is 18.2 Å². The van der Waals surface area contributed by atoms with Gasteiger partial charge in [-0.05, 0) is 68.0 Å². The van der Waals surface area contributed by atoms with Crippen molar-refractivity contribution < 1.29 is 23.9 Å². The Kier molecular flexibility index (Phi) is 5.89. The van der Waals surface area contributed by atoms with E-state index in [1.54, 1.807) is 54.6 Å². The van der Waals surface area contributed by atoms with Crippen LogP contribution in [0.25, 0.3) is 11.8 Å². The maximum atomic E-state index is 13.2. The fraction of sp³-hybridized carbons (Fsp3) is 0.154. The smallest absolute Gasteiger partial charge is 0.338 e. The summed E-state index contributed by atoms with van der Waals surface area (Å²) in [7, 11) is 2.68. The summed E-state index contributed by atoms with van der Waals surface area (Å²) in [5.74, 6) is -1.75. The molecule has 0 bridgehead atoms. The summed E-state index contributed by atoms with van der Waals surface area (Å²) in [6.07, 6.45) is 1.52. The van der Waals surface area contributed by atoms with Crippen molar-refractivity contribution in [3.8, 4) is 5.69 Å². The average molecular weight is 457 g/mol. The van der Waals surface area contributed by atoms with E-state index in [0.717, 1.165) is 26.9 Å². The van der Waals surface area contributed by atoms with Crippen molar-refractivity contribution in [2.45, 2.75) is 13.8 Å². The van der Waals surface area contributed by atoms with Gasteiger partial charge in [0.05, 0.1) is 18.4 Å². The molecule has 1 fully saturated rings. The number of nitrogens with zero attached hydrogens (tertiary/aromatic N) is 3. The molecule has 1 saturated heterocycles. The summed E-state index contributed by atoms with van der Waals surface area (Å²) in [4.78, 5) is 52.5. The average Bonchev–Trinajstić information content (AvgIpc) is 3.13. The van der Waals surface area contributed by atoms with Crippen LogP contribution in [0.15, 0.2) is 66.2 Å². The van der Waals surface area contributed by atoms with E-state index in [2.05, 4.69) is 0 Å². The second kappa shape index (κ2) is 8.82. The van der Waals surface area contributed by atoms with Crippen LogP contribution in [0.3, 0.4) is 0 Å². The molecule has 8 heteroatoms. The number of barbiturate groups is 1. The lowest BCUT2D eigenvalue weighted by molar-refractivity contribution is -0.128. The number of hydrogen-bond donors (Lipinski definition) is 0. The number of rotatable bonds is 4. The molecule has 8 nitrogen and oxygen atoms in total. The van der Waals surface area contributed by atoms with Crippen molar-refractivity contribution in [2.75, 3.05) is 19.1 Å². The zero-order chi connectivity index (χ0) is 24.6. The molecule has 34 heavy (non-hydrogen) atoms. The first-order valence-electron chi connectivity index (χ1n) is 10.6. The number of ether oxygens (including phenoxy) is 1. The van der Waals surface area contributed by atoms with Crippen LogP contribution in [0.1, 0.15) is 27.3 Å². The molecule has 4 rings (SSSR count). The molecule has 2 aromatic carbocycles. The van der Waals surface area contributed by atoms with Crippen LogP contribution in [-0.2, 0) is 14.3 Å². The topological polar surface area (TPSA) is 88.9 Å². The van der Waals surface area contributed by atoms with Gasteiger partial charge in [-0.2, -0.15) is 0 Å². The summed E-state index contributed by atoms with van der Waals surface area (Å²) in [5.41, 5.74) is 3.86. The lowest BCUT2D eigenvalue weighted by Gasteiger charge is -2.31. The number of anilines is 1. The molecule has 0 radical (unpaired) electrons. The number of likely N-dealkylation sites (N-methyl/N-ethyl adjacent to an activating group) is 1. The number of carbonyl (C=O) groups excluding carboxylic acids is 4. The van der Waals surface area contributed by atoms with E-state index >= 15 is 0 Å². The molecular formula is C26H23N3O5. The van der Waals surface area contributed by atoms with Gasteiger partial charge in [0.25, 0.3) is 11.8 Å². The Morgan fingerprint density at radius 3 is 2.15 bits per heavy atom. The Hall–Kier alpha value is -4.46. The molecule has 1 aliphatic rings. The van der Waals surface area contributed by atoms with Gasteiger partial charge in [-0.25, -0.2) is 14.5 Å². The van der Waals surface area contributed by atoms with Crippen molar-refractivity contribution >= 4 is 35.6 Å². The number of amides is 4. The van der Waals surface area contributed by atoms with E-state index in [1.807, 2.05) is 24.5 Å². The quantitative estimate of drug-likeness (QED) is 0.337. The lowest BCUT2D eigenvalue weighted by Crippen LogP contribution is -2.55. The van der Waals surface area contributed by atoms with E-state index in [0.29, 0.717) is 16.8 Å². The Bertz CT molecular complexity index is 1340. The fourth-order valence-corrected chi connectivity index (χ4v) is 4.00. The van der Waals surface area contributed by atoms with E-state index < -0.39 is 23.8 Å². The van der Waals surface area contributed by atoms with Crippen LogP contribution in [-0.4, -0.2) is 47.4 Å². The van der Waals surface area contributed by atoms with Gasteiger partial charge in [0.2, 0.25) is 0 Å². The second-order valence-corrected chi connectivity index (χ2v) is 7.88. The molecule has 0 saturated carbocycles. The van der Waals surface area contributed by atoms with Gasteiger partial charge in [0.1, 0.15) is 5.57 Å². The van der Waals surface area contributed by atoms with Crippen molar-refractivity contribution in [1.82, 2.24) is 9.47 Å². The molecule has 4 amide bonds. The highest BCUT2D eigenvalue weighted by Gasteiger charge is 2.41. The summed E-state index contributed by atoms with van der Waals surface area (Å²) in [6, 6.07) is 16.6. The van der Waals surface area contributed by atoms with Crippen LogP contribution in [0.2, 0.25) is 0 Å². The molecule has 1 aliphatic heterocycles. The van der Waals surface area contributed by atoms with Crippen LogP contribution < -0.4 is 4.90 Å². The van der Waals surface area contributed by atoms with Crippen LogP contribution in [0.5, 0.6) is 0 Å². The van der Waals surface area contributed by atoms with Crippen molar-refractivity contribution in [3.05, 3.63) is 88.8 Å². The van der Waals surface area contributed by atoms with Crippen molar-refractivity contribution in [1.29, 1.82) is 0 Å². The third-order valence-electron chi connectivity index (χ3n) is 5.78. The molecule has 2 heterocycles. The molecule has 0 aliphatic carbocycles. The molecule has 0 atom stereocenters. The van der Waals surface area contributed by atoms with Crippen LogP contribution in [0, 0.1) is 13.8 Å². The Labute approximate surface area is 196 Å². The minimum Gasteiger partial charge on any atom is -0.465 e. The van der Waals surface area contributed by atoms with Crippen LogP contribution >= 0.6 is 0 Å². The number of methoxy groups -OCH3 is 1. The van der Waals surface area contributed by atoms with Crippen LogP contribution in [0.4, 0.5) is 10.5 Å². The zero-order valence-electron chi connectivity index (χ0n) is 19.2.